The highest BCUT2D eigenvalue weighted by molar-refractivity contribution is 5.72. The number of hydrogen-bond acceptors (Lipinski definition) is 3. The number of carboxylic acid groups (broad SMARTS) is 1. The SMILES string of the molecule is Cc1cccc(C)c1CN1CCN(C(C)C(=O)O)CC1. The molecular formula is C16H24N2O2. The maximum atomic E-state index is 11.0. The molecule has 4 heteroatoms. The molecule has 0 bridgehead atoms. The van der Waals surface area contributed by atoms with Crippen LogP contribution < -0.4 is 0 Å². The molecule has 0 radical (unpaired) electrons. The topological polar surface area (TPSA) is 43.8 Å². The van der Waals surface area contributed by atoms with Gasteiger partial charge in [-0.15, -0.1) is 0 Å². The highest BCUT2D eigenvalue weighted by atomic mass is 16.4. The Balaban J connectivity index is 1.93. The van der Waals surface area contributed by atoms with Crippen LogP contribution in [0.4, 0.5) is 0 Å². The molecule has 1 N–H and O–H groups in total. The third-order valence-electron chi connectivity index (χ3n) is 4.34. The van der Waals surface area contributed by atoms with E-state index in [0.717, 1.165) is 32.7 Å². The van der Waals surface area contributed by atoms with Gasteiger partial charge in [-0.25, -0.2) is 0 Å². The Morgan fingerprint density at radius 3 is 2.25 bits per heavy atom. The van der Waals surface area contributed by atoms with E-state index in [-0.39, 0.29) is 6.04 Å². The van der Waals surface area contributed by atoms with Crippen molar-refractivity contribution in [2.24, 2.45) is 0 Å². The molecule has 1 unspecified atom stereocenters. The van der Waals surface area contributed by atoms with E-state index in [1.54, 1.807) is 6.92 Å². The lowest BCUT2D eigenvalue weighted by Gasteiger charge is -2.37. The minimum absolute atomic E-state index is 0.377. The Hall–Kier alpha value is -1.39. The van der Waals surface area contributed by atoms with Crippen LogP contribution >= 0.6 is 0 Å². The van der Waals surface area contributed by atoms with Gasteiger partial charge in [0.15, 0.2) is 0 Å². The summed E-state index contributed by atoms with van der Waals surface area (Å²) in [7, 11) is 0. The minimum Gasteiger partial charge on any atom is -0.480 e. The first kappa shape index (κ1) is 15.0. The molecule has 1 heterocycles. The Labute approximate surface area is 121 Å². The van der Waals surface area contributed by atoms with Crippen LogP contribution in [0.3, 0.4) is 0 Å². The van der Waals surface area contributed by atoms with Crippen molar-refractivity contribution in [2.45, 2.75) is 33.4 Å². The Morgan fingerprint density at radius 2 is 1.75 bits per heavy atom. The van der Waals surface area contributed by atoms with Gasteiger partial charge in [-0.05, 0) is 37.5 Å². The number of nitrogens with zero attached hydrogens (tertiary/aromatic N) is 2. The molecule has 1 fully saturated rings. The van der Waals surface area contributed by atoms with Gasteiger partial charge in [0.25, 0.3) is 0 Å². The zero-order chi connectivity index (χ0) is 14.7. The fraction of sp³-hybridized carbons (Fsp3) is 0.562. The van der Waals surface area contributed by atoms with Gasteiger partial charge in [-0.2, -0.15) is 0 Å². The monoisotopic (exact) mass is 276 g/mol. The van der Waals surface area contributed by atoms with Crippen molar-refractivity contribution in [1.29, 1.82) is 0 Å². The predicted octanol–water partition coefficient (Wildman–Crippen LogP) is 1.89. The minimum atomic E-state index is -0.729. The first-order valence-corrected chi connectivity index (χ1v) is 7.23. The summed E-state index contributed by atoms with van der Waals surface area (Å²) in [5.41, 5.74) is 4.09. The number of aryl methyl sites for hydroxylation is 2. The smallest absolute Gasteiger partial charge is 0.320 e. The van der Waals surface area contributed by atoms with Crippen molar-refractivity contribution in [2.75, 3.05) is 26.2 Å². The molecule has 0 spiro atoms. The number of aliphatic carboxylic acids is 1. The number of benzene rings is 1. The standard InChI is InChI=1S/C16H24N2O2/c1-12-5-4-6-13(2)15(12)11-17-7-9-18(10-8-17)14(3)16(19)20/h4-6,14H,7-11H2,1-3H3,(H,19,20). The molecule has 0 amide bonds. The van der Waals surface area contributed by atoms with Gasteiger partial charge in [-0.3, -0.25) is 14.6 Å². The Bertz CT molecular complexity index is 459. The summed E-state index contributed by atoms with van der Waals surface area (Å²) >= 11 is 0. The van der Waals surface area contributed by atoms with Crippen molar-refractivity contribution in [3.05, 3.63) is 34.9 Å². The van der Waals surface area contributed by atoms with E-state index in [1.165, 1.54) is 16.7 Å². The second kappa shape index (κ2) is 6.37. The van der Waals surface area contributed by atoms with Crippen LogP contribution in [-0.4, -0.2) is 53.1 Å². The van der Waals surface area contributed by atoms with Gasteiger partial charge in [-0.1, -0.05) is 18.2 Å². The lowest BCUT2D eigenvalue weighted by molar-refractivity contribution is -0.143. The average molecular weight is 276 g/mol. The van der Waals surface area contributed by atoms with Crippen LogP contribution in [-0.2, 0) is 11.3 Å². The van der Waals surface area contributed by atoms with E-state index in [2.05, 4.69) is 36.9 Å². The molecule has 0 aromatic heterocycles. The van der Waals surface area contributed by atoms with Gasteiger partial charge in [0.05, 0.1) is 0 Å². The van der Waals surface area contributed by atoms with Gasteiger partial charge in [0.1, 0.15) is 6.04 Å². The van der Waals surface area contributed by atoms with Crippen LogP contribution in [0.25, 0.3) is 0 Å². The van der Waals surface area contributed by atoms with Crippen LogP contribution in [0.15, 0.2) is 18.2 Å². The molecule has 0 aliphatic carbocycles. The van der Waals surface area contributed by atoms with Gasteiger partial charge >= 0.3 is 5.97 Å². The van der Waals surface area contributed by atoms with Crippen molar-refractivity contribution in [3.8, 4) is 0 Å². The van der Waals surface area contributed by atoms with E-state index < -0.39 is 5.97 Å². The molecule has 1 saturated heterocycles. The molecule has 2 rings (SSSR count). The number of carboxylic acids is 1. The highest BCUT2D eigenvalue weighted by Gasteiger charge is 2.25. The molecule has 1 atom stereocenters. The zero-order valence-electron chi connectivity index (χ0n) is 12.6. The first-order valence-electron chi connectivity index (χ1n) is 7.23. The molecule has 110 valence electrons. The van der Waals surface area contributed by atoms with Gasteiger partial charge < -0.3 is 5.11 Å². The maximum absolute atomic E-state index is 11.0. The molecule has 1 aromatic carbocycles. The van der Waals surface area contributed by atoms with Crippen molar-refractivity contribution in [1.82, 2.24) is 9.80 Å². The molecule has 0 saturated carbocycles. The number of carbonyl (C=O) groups is 1. The third-order valence-corrected chi connectivity index (χ3v) is 4.34. The molecule has 4 nitrogen and oxygen atoms in total. The molecule has 1 aromatic rings. The summed E-state index contributed by atoms with van der Waals surface area (Å²) < 4.78 is 0. The Morgan fingerprint density at radius 1 is 1.20 bits per heavy atom. The number of hydrogen-bond donors (Lipinski definition) is 1. The molecule has 1 aliphatic heterocycles. The van der Waals surface area contributed by atoms with Crippen LogP contribution in [0.2, 0.25) is 0 Å². The lowest BCUT2D eigenvalue weighted by Crippen LogP contribution is -2.51. The normalized spacial score (nSPS) is 18.9. The van der Waals surface area contributed by atoms with Crippen LogP contribution in [0.5, 0.6) is 0 Å². The summed E-state index contributed by atoms with van der Waals surface area (Å²) in [6.07, 6.45) is 0. The summed E-state index contributed by atoms with van der Waals surface area (Å²) in [5.74, 6) is -0.729. The van der Waals surface area contributed by atoms with Crippen LogP contribution in [0.1, 0.15) is 23.6 Å². The van der Waals surface area contributed by atoms with E-state index in [4.69, 9.17) is 5.11 Å². The third kappa shape index (κ3) is 3.38. The number of rotatable bonds is 4. The summed E-state index contributed by atoms with van der Waals surface area (Å²) in [6, 6.07) is 6.04. The van der Waals surface area contributed by atoms with Crippen molar-refractivity contribution in [3.63, 3.8) is 0 Å². The Kier molecular flexibility index (Phi) is 4.78. The summed E-state index contributed by atoms with van der Waals surface area (Å²) in [6.45, 7) is 10.6. The quantitative estimate of drug-likeness (QED) is 0.912. The van der Waals surface area contributed by atoms with Crippen molar-refractivity contribution < 1.29 is 9.90 Å². The first-order chi connectivity index (χ1) is 9.49. The van der Waals surface area contributed by atoms with Crippen LogP contribution in [0, 0.1) is 13.8 Å². The van der Waals surface area contributed by atoms with Gasteiger partial charge in [0, 0.05) is 32.7 Å². The van der Waals surface area contributed by atoms with Gasteiger partial charge in [0.2, 0.25) is 0 Å². The molecular weight excluding hydrogens is 252 g/mol. The van der Waals surface area contributed by atoms with E-state index in [1.807, 2.05) is 4.90 Å². The largest absolute Gasteiger partial charge is 0.480 e. The fourth-order valence-electron chi connectivity index (χ4n) is 2.79. The maximum Gasteiger partial charge on any atom is 0.320 e. The number of piperazine rings is 1. The average Bonchev–Trinajstić information content (AvgIpc) is 2.43. The predicted molar refractivity (Wildman–Crippen MR) is 79.9 cm³/mol. The van der Waals surface area contributed by atoms with E-state index in [9.17, 15) is 4.79 Å². The molecule has 20 heavy (non-hydrogen) atoms. The lowest BCUT2D eigenvalue weighted by atomic mass is 10.0. The van der Waals surface area contributed by atoms with E-state index >= 15 is 0 Å². The fourth-order valence-corrected chi connectivity index (χ4v) is 2.79. The second-order valence-electron chi connectivity index (χ2n) is 5.70. The zero-order valence-corrected chi connectivity index (χ0v) is 12.6. The second-order valence-corrected chi connectivity index (χ2v) is 5.70. The molecule has 1 aliphatic rings. The summed E-state index contributed by atoms with van der Waals surface area (Å²) in [4.78, 5) is 15.5. The highest BCUT2D eigenvalue weighted by Crippen LogP contribution is 2.17. The van der Waals surface area contributed by atoms with E-state index in [0.29, 0.717) is 0 Å². The summed E-state index contributed by atoms with van der Waals surface area (Å²) in [5, 5.41) is 9.05. The van der Waals surface area contributed by atoms with Crippen molar-refractivity contribution >= 4 is 5.97 Å².